The molecule has 0 amide bonds. The summed E-state index contributed by atoms with van der Waals surface area (Å²) in [5, 5.41) is 13.8. The van der Waals surface area contributed by atoms with Crippen LogP contribution < -0.4 is 22.9 Å². The Labute approximate surface area is 245 Å². The third-order valence-electron chi connectivity index (χ3n) is 4.76. The Balaban J connectivity index is 0.000000278. The van der Waals surface area contributed by atoms with Gasteiger partial charge in [-0.15, -0.1) is 0 Å². The second-order valence-corrected chi connectivity index (χ2v) is 10.1. The maximum Gasteiger partial charge on any atom is 0.159 e. The van der Waals surface area contributed by atoms with Gasteiger partial charge in [0.05, 0.1) is 52.9 Å². The molecule has 9 N–H and O–H groups in total. The highest BCUT2D eigenvalue weighted by Gasteiger charge is 2.08. The largest absolute Gasteiger partial charge is 0.411 e. The van der Waals surface area contributed by atoms with Gasteiger partial charge in [0, 0.05) is 17.2 Å². The SMILES string of the molecule is CC(=NO)c1cc(Cl)c(N)c(Cl)c1.CC(=O)c1cc(Cl)c(N)c(Cl)c1.CC(N)c1cc(Cl)c(N)c(Cl)c1. The Kier molecular flexibility index (Phi) is 13.1. The summed E-state index contributed by atoms with van der Waals surface area (Å²) in [7, 11) is 0. The highest BCUT2D eigenvalue weighted by Crippen LogP contribution is 2.31. The molecule has 1 atom stereocenters. The van der Waals surface area contributed by atoms with E-state index in [0.717, 1.165) is 5.56 Å². The molecule has 0 aliphatic heterocycles. The van der Waals surface area contributed by atoms with Gasteiger partial charge in [0.25, 0.3) is 0 Å². The zero-order valence-corrected chi connectivity index (χ0v) is 24.5. The minimum Gasteiger partial charge on any atom is -0.411 e. The fourth-order valence-electron chi connectivity index (χ4n) is 2.51. The van der Waals surface area contributed by atoms with Crippen molar-refractivity contribution in [1.82, 2.24) is 0 Å². The molecule has 0 aliphatic rings. The molecule has 200 valence electrons. The zero-order chi connectivity index (χ0) is 28.6. The first-order valence-electron chi connectivity index (χ1n) is 10.3. The lowest BCUT2D eigenvalue weighted by Crippen LogP contribution is -2.05. The second-order valence-electron chi connectivity index (χ2n) is 7.64. The Hall–Kier alpha value is -2.10. The Bertz CT molecular complexity index is 1250. The number of rotatable bonds is 3. The van der Waals surface area contributed by atoms with Crippen LogP contribution in [0.15, 0.2) is 41.6 Å². The van der Waals surface area contributed by atoms with Crippen LogP contribution in [0.2, 0.25) is 30.1 Å². The summed E-state index contributed by atoms with van der Waals surface area (Å²) >= 11 is 34.5. The number of anilines is 3. The van der Waals surface area contributed by atoms with Crippen molar-refractivity contribution in [2.45, 2.75) is 26.8 Å². The van der Waals surface area contributed by atoms with Gasteiger partial charge in [0.2, 0.25) is 0 Å². The van der Waals surface area contributed by atoms with Crippen LogP contribution in [0.25, 0.3) is 0 Å². The Morgan fingerprint density at radius 2 is 1.00 bits per heavy atom. The lowest BCUT2D eigenvalue weighted by Gasteiger charge is -2.08. The normalized spacial score (nSPS) is 11.6. The molecule has 0 saturated carbocycles. The number of hydrogen-bond donors (Lipinski definition) is 5. The molecule has 0 radical (unpaired) electrons. The zero-order valence-electron chi connectivity index (χ0n) is 19.9. The van der Waals surface area contributed by atoms with Gasteiger partial charge in [0.15, 0.2) is 5.78 Å². The van der Waals surface area contributed by atoms with Crippen LogP contribution in [0.1, 0.15) is 48.3 Å². The standard InChI is InChI=1S/C8H8Cl2N2O.C8H10Cl2N2.C8H7Cl2NO/c1-4(12-13)5-2-6(9)8(11)7(10)3-5;1-4(11)5-2-6(9)8(12)7(10)3-5;1-4(12)5-2-6(9)8(11)7(10)3-5/h2-3,13H,11H2,1H3;2-4H,11-12H2,1H3;2-3H,11H2,1H3. The van der Waals surface area contributed by atoms with Gasteiger partial charge in [-0.3, -0.25) is 4.79 Å². The minimum absolute atomic E-state index is 0.0828. The average molecular weight is 628 g/mol. The topological polar surface area (TPSA) is 154 Å². The van der Waals surface area contributed by atoms with Crippen LogP contribution in [0.3, 0.4) is 0 Å². The summed E-state index contributed by atoms with van der Waals surface area (Å²) in [6, 6.07) is 9.58. The van der Waals surface area contributed by atoms with Gasteiger partial charge < -0.3 is 28.1 Å². The van der Waals surface area contributed by atoms with E-state index in [1.54, 1.807) is 31.2 Å². The van der Waals surface area contributed by atoms with Crippen LogP contribution in [-0.2, 0) is 0 Å². The summed E-state index contributed by atoms with van der Waals surface area (Å²) in [5.41, 5.74) is 25.7. The van der Waals surface area contributed by atoms with Crippen LogP contribution in [-0.4, -0.2) is 16.7 Å². The number of carbonyl (C=O) groups excluding carboxylic acids is 1. The van der Waals surface area contributed by atoms with Crippen molar-refractivity contribution >= 4 is 98.2 Å². The highest BCUT2D eigenvalue weighted by molar-refractivity contribution is 6.40. The van der Waals surface area contributed by atoms with Crippen molar-refractivity contribution in [3.63, 3.8) is 0 Å². The predicted molar refractivity (Wildman–Crippen MR) is 159 cm³/mol. The number of benzene rings is 3. The van der Waals surface area contributed by atoms with E-state index in [-0.39, 0.29) is 11.8 Å². The lowest BCUT2D eigenvalue weighted by molar-refractivity contribution is 0.101. The molecule has 3 rings (SSSR count). The van der Waals surface area contributed by atoms with Crippen molar-refractivity contribution in [3.05, 3.63) is 83.2 Å². The maximum atomic E-state index is 10.9. The fraction of sp³-hybridized carbons (Fsp3) is 0.167. The van der Waals surface area contributed by atoms with Crippen LogP contribution in [0, 0.1) is 0 Å². The third-order valence-corrected chi connectivity index (χ3v) is 6.64. The molecular formula is C24H25Cl6N5O2. The van der Waals surface area contributed by atoms with E-state index >= 15 is 0 Å². The number of hydrogen-bond acceptors (Lipinski definition) is 7. The van der Waals surface area contributed by atoms with E-state index in [9.17, 15) is 4.79 Å². The molecule has 0 heterocycles. The first-order chi connectivity index (χ1) is 17.1. The van der Waals surface area contributed by atoms with Crippen molar-refractivity contribution in [2.75, 3.05) is 17.2 Å². The lowest BCUT2D eigenvalue weighted by atomic mass is 10.1. The average Bonchev–Trinajstić information content (AvgIpc) is 2.83. The number of Topliss-reactive ketones (excluding diaryl/α,β-unsaturated/α-hetero) is 1. The summed E-state index contributed by atoms with van der Waals surface area (Å²) in [6.07, 6.45) is 0. The summed E-state index contributed by atoms with van der Waals surface area (Å²) in [5.74, 6) is -0.0844. The third kappa shape index (κ3) is 9.61. The number of ketones is 1. The number of nitrogens with zero attached hydrogens (tertiary/aromatic N) is 1. The summed E-state index contributed by atoms with van der Waals surface area (Å²) in [6.45, 7) is 4.94. The number of carbonyl (C=O) groups is 1. The molecule has 0 bridgehead atoms. The van der Waals surface area contributed by atoms with E-state index in [1.807, 2.05) is 6.92 Å². The highest BCUT2D eigenvalue weighted by atomic mass is 35.5. The summed E-state index contributed by atoms with van der Waals surface area (Å²) in [4.78, 5) is 10.9. The quantitative estimate of drug-likeness (QED) is 0.0649. The molecule has 0 spiro atoms. The first-order valence-corrected chi connectivity index (χ1v) is 12.6. The van der Waals surface area contributed by atoms with Crippen LogP contribution in [0.4, 0.5) is 17.1 Å². The Morgan fingerprint density at radius 3 is 1.27 bits per heavy atom. The van der Waals surface area contributed by atoms with Crippen LogP contribution in [0.5, 0.6) is 0 Å². The predicted octanol–water partition coefficient (Wildman–Crippen LogP) is 8.15. The van der Waals surface area contributed by atoms with Gasteiger partial charge >= 0.3 is 0 Å². The molecule has 0 aliphatic carbocycles. The molecule has 3 aromatic carbocycles. The minimum atomic E-state index is -0.0844. The van der Waals surface area contributed by atoms with Crippen molar-refractivity contribution in [1.29, 1.82) is 0 Å². The molecular weight excluding hydrogens is 603 g/mol. The van der Waals surface area contributed by atoms with Crippen molar-refractivity contribution < 1.29 is 10.0 Å². The monoisotopic (exact) mass is 625 g/mol. The molecule has 0 aromatic heterocycles. The van der Waals surface area contributed by atoms with Crippen molar-refractivity contribution in [3.8, 4) is 0 Å². The van der Waals surface area contributed by atoms with Crippen molar-refractivity contribution in [2.24, 2.45) is 10.9 Å². The molecule has 0 fully saturated rings. The van der Waals surface area contributed by atoms with Gasteiger partial charge in [0.1, 0.15) is 0 Å². The number of oxime groups is 1. The first kappa shape index (κ1) is 32.9. The molecule has 3 aromatic rings. The molecule has 1 unspecified atom stereocenters. The van der Waals surface area contributed by atoms with E-state index in [0.29, 0.717) is 64.0 Å². The second kappa shape index (κ2) is 14.7. The molecule has 37 heavy (non-hydrogen) atoms. The molecule has 7 nitrogen and oxygen atoms in total. The maximum absolute atomic E-state index is 10.9. The van der Waals surface area contributed by atoms with Gasteiger partial charge in [-0.05, 0) is 62.7 Å². The Morgan fingerprint density at radius 1 is 0.703 bits per heavy atom. The van der Waals surface area contributed by atoms with Gasteiger partial charge in [-0.1, -0.05) is 74.8 Å². The smallest absolute Gasteiger partial charge is 0.159 e. The van der Waals surface area contributed by atoms with E-state index in [1.165, 1.54) is 19.1 Å². The van der Waals surface area contributed by atoms with E-state index in [4.69, 9.17) is 97.7 Å². The van der Waals surface area contributed by atoms with Crippen LogP contribution >= 0.6 is 69.6 Å². The van der Waals surface area contributed by atoms with Gasteiger partial charge in [-0.25, -0.2) is 0 Å². The number of halogens is 6. The fourth-order valence-corrected chi connectivity index (χ4v) is 3.98. The number of nitrogens with two attached hydrogens (primary N) is 4. The summed E-state index contributed by atoms with van der Waals surface area (Å²) < 4.78 is 0. The molecule has 13 heteroatoms. The van der Waals surface area contributed by atoms with E-state index < -0.39 is 0 Å². The molecule has 0 saturated heterocycles. The van der Waals surface area contributed by atoms with Gasteiger partial charge in [-0.2, -0.15) is 0 Å². The van der Waals surface area contributed by atoms with E-state index in [2.05, 4.69) is 5.16 Å². The number of nitrogen functional groups attached to an aromatic ring is 3.